The second-order valence-electron chi connectivity index (χ2n) is 6.99. The molecule has 0 spiro atoms. The zero-order valence-electron chi connectivity index (χ0n) is 14.1. The van der Waals surface area contributed by atoms with Crippen LogP contribution in [-0.2, 0) is 4.79 Å². The summed E-state index contributed by atoms with van der Waals surface area (Å²) in [6, 6.07) is 8.43. The summed E-state index contributed by atoms with van der Waals surface area (Å²) in [4.78, 5) is 17.2. The third kappa shape index (κ3) is 3.20. The summed E-state index contributed by atoms with van der Waals surface area (Å²) in [6.45, 7) is 3.82. The van der Waals surface area contributed by atoms with E-state index in [2.05, 4.69) is 46.8 Å². The number of carbonyl (C=O) groups is 1. The Hall–Kier alpha value is -1.46. The van der Waals surface area contributed by atoms with Gasteiger partial charge >= 0.3 is 0 Å². The largest absolute Gasteiger partial charge is 0.358 e. The highest BCUT2D eigenvalue weighted by Gasteiger charge is 2.42. The van der Waals surface area contributed by atoms with E-state index < -0.39 is 0 Å². The first-order valence-corrected chi connectivity index (χ1v) is 9.94. The summed E-state index contributed by atoms with van der Waals surface area (Å²) in [5.74, 6) is 2.45. The number of hydrogen-bond acceptors (Lipinski definition) is 3. The number of carbonyl (C=O) groups excluding carboxylic acids is 1. The number of aromatic amines is 1. The predicted molar refractivity (Wildman–Crippen MR) is 99.4 cm³/mol. The van der Waals surface area contributed by atoms with Crippen molar-refractivity contribution >= 4 is 28.6 Å². The molecule has 1 saturated heterocycles. The summed E-state index contributed by atoms with van der Waals surface area (Å²) >= 11 is 1.82. The van der Waals surface area contributed by atoms with Crippen molar-refractivity contribution in [1.29, 1.82) is 0 Å². The van der Waals surface area contributed by atoms with Crippen LogP contribution < -0.4 is 10.6 Å². The van der Waals surface area contributed by atoms with E-state index in [1.807, 2.05) is 11.8 Å². The van der Waals surface area contributed by atoms with Gasteiger partial charge in [-0.05, 0) is 50.6 Å². The van der Waals surface area contributed by atoms with E-state index in [-0.39, 0.29) is 11.9 Å². The number of fused-ring (bicyclic) bond motifs is 1. The third-order valence-electron chi connectivity index (χ3n) is 5.26. The zero-order valence-corrected chi connectivity index (χ0v) is 14.9. The number of nitrogens with one attached hydrogen (secondary N) is 3. The molecule has 1 saturated carbocycles. The number of hydrogen-bond donors (Lipinski definition) is 3. The van der Waals surface area contributed by atoms with Gasteiger partial charge in [0.25, 0.3) is 0 Å². The van der Waals surface area contributed by atoms with Gasteiger partial charge in [-0.1, -0.05) is 18.2 Å². The van der Waals surface area contributed by atoms with E-state index in [4.69, 9.17) is 0 Å². The lowest BCUT2D eigenvalue weighted by Crippen LogP contribution is -2.45. The van der Waals surface area contributed by atoms with E-state index >= 15 is 0 Å². The SMILES string of the molecule is Cc1[nH]c2ccccc2c1SCCNC(=O)C1NCCC1C1CC1. The van der Waals surface area contributed by atoms with Gasteiger partial charge in [0.05, 0.1) is 6.04 Å². The molecular weight excluding hydrogens is 318 g/mol. The monoisotopic (exact) mass is 343 g/mol. The minimum Gasteiger partial charge on any atom is -0.358 e. The van der Waals surface area contributed by atoms with Crippen molar-refractivity contribution in [3.05, 3.63) is 30.0 Å². The lowest BCUT2D eigenvalue weighted by atomic mass is 9.95. The van der Waals surface area contributed by atoms with Crippen molar-refractivity contribution in [2.45, 2.75) is 37.1 Å². The van der Waals surface area contributed by atoms with Crippen LogP contribution >= 0.6 is 11.8 Å². The lowest BCUT2D eigenvalue weighted by Gasteiger charge is -2.18. The van der Waals surface area contributed by atoms with Gasteiger partial charge in [-0.3, -0.25) is 4.79 Å². The lowest BCUT2D eigenvalue weighted by molar-refractivity contribution is -0.123. The molecule has 2 aliphatic rings. The maximum atomic E-state index is 12.4. The van der Waals surface area contributed by atoms with Crippen LogP contribution in [0.5, 0.6) is 0 Å². The third-order valence-corrected chi connectivity index (χ3v) is 6.49. The molecule has 2 fully saturated rings. The molecule has 1 aliphatic heterocycles. The molecule has 4 nitrogen and oxygen atoms in total. The van der Waals surface area contributed by atoms with Gasteiger partial charge in [0, 0.05) is 33.8 Å². The second-order valence-corrected chi connectivity index (χ2v) is 8.09. The molecule has 2 aromatic rings. The Morgan fingerprint density at radius 2 is 2.12 bits per heavy atom. The number of benzene rings is 1. The van der Waals surface area contributed by atoms with Crippen LogP contribution in [0.15, 0.2) is 29.2 Å². The van der Waals surface area contributed by atoms with Crippen molar-refractivity contribution in [2.75, 3.05) is 18.8 Å². The van der Waals surface area contributed by atoms with Gasteiger partial charge in [-0.2, -0.15) is 0 Å². The van der Waals surface area contributed by atoms with Gasteiger partial charge in [-0.25, -0.2) is 0 Å². The van der Waals surface area contributed by atoms with E-state index in [1.165, 1.54) is 34.3 Å². The van der Waals surface area contributed by atoms with Crippen LogP contribution in [0.1, 0.15) is 25.0 Å². The summed E-state index contributed by atoms with van der Waals surface area (Å²) in [6.07, 6.45) is 3.78. The van der Waals surface area contributed by atoms with Crippen molar-refractivity contribution in [1.82, 2.24) is 15.6 Å². The molecule has 4 rings (SSSR count). The average Bonchev–Trinajstić information content (AvgIpc) is 3.22. The number of thioether (sulfide) groups is 1. The summed E-state index contributed by atoms with van der Waals surface area (Å²) in [5.41, 5.74) is 2.39. The van der Waals surface area contributed by atoms with Crippen LogP contribution in [0.25, 0.3) is 10.9 Å². The van der Waals surface area contributed by atoms with Crippen molar-refractivity contribution in [3.8, 4) is 0 Å². The summed E-state index contributed by atoms with van der Waals surface area (Å²) in [5, 5.41) is 7.80. The van der Waals surface area contributed by atoms with Crippen LogP contribution in [-0.4, -0.2) is 35.8 Å². The predicted octanol–water partition coefficient (Wildman–Crippen LogP) is 3.07. The van der Waals surface area contributed by atoms with E-state index in [0.29, 0.717) is 5.92 Å². The fraction of sp³-hybridized carbons (Fsp3) is 0.526. The van der Waals surface area contributed by atoms with E-state index in [1.54, 1.807) is 0 Å². The standard InChI is InChI=1S/C19H25N3OS/c1-12-18(15-4-2-3-5-16(15)22-12)24-11-10-21-19(23)17-14(8-9-20-17)13-6-7-13/h2-5,13-14,17,20,22H,6-11H2,1H3,(H,21,23). The molecule has 5 heteroatoms. The minimum atomic E-state index is 0.0392. The Bertz CT molecular complexity index is 737. The number of aryl methyl sites for hydroxylation is 1. The molecule has 1 amide bonds. The van der Waals surface area contributed by atoms with Crippen molar-refractivity contribution in [3.63, 3.8) is 0 Å². The zero-order chi connectivity index (χ0) is 16.5. The Balaban J connectivity index is 1.29. The van der Waals surface area contributed by atoms with Crippen LogP contribution in [0.2, 0.25) is 0 Å². The number of amides is 1. The highest BCUT2D eigenvalue weighted by molar-refractivity contribution is 7.99. The second kappa shape index (κ2) is 6.81. The summed E-state index contributed by atoms with van der Waals surface area (Å²) in [7, 11) is 0. The Labute approximate surface area is 147 Å². The van der Waals surface area contributed by atoms with Crippen LogP contribution in [0.3, 0.4) is 0 Å². The van der Waals surface area contributed by atoms with Crippen LogP contribution in [0.4, 0.5) is 0 Å². The van der Waals surface area contributed by atoms with Gasteiger partial charge in [0.2, 0.25) is 5.91 Å². The summed E-state index contributed by atoms with van der Waals surface area (Å²) < 4.78 is 0. The molecule has 3 N–H and O–H groups in total. The van der Waals surface area contributed by atoms with Crippen molar-refractivity contribution in [2.24, 2.45) is 11.8 Å². The Kier molecular flexibility index (Phi) is 4.55. The van der Waals surface area contributed by atoms with E-state index in [9.17, 15) is 4.79 Å². The average molecular weight is 343 g/mol. The first kappa shape index (κ1) is 16.0. The van der Waals surface area contributed by atoms with Gasteiger partial charge < -0.3 is 15.6 Å². The molecule has 1 aromatic carbocycles. The highest BCUT2D eigenvalue weighted by Crippen LogP contribution is 2.42. The number of H-pyrrole nitrogens is 1. The quantitative estimate of drug-likeness (QED) is 0.558. The molecule has 1 aliphatic carbocycles. The first-order valence-electron chi connectivity index (χ1n) is 8.95. The molecule has 0 radical (unpaired) electrons. The fourth-order valence-corrected chi connectivity index (χ4v) is 4.93. The maximum Gasteiger partial charge on any atom is 0.237 e. The molecule has 2 heterocycles. The molecule has 128 valence electrons. The number of aromatic nitrogens is 1. The topological polar surface area (TPSA) is 56.9 Å². The molecule has 2 atom stereocenters. The highest BCUT2D eigenvalue weighted by atomic mass is 32.2. The van der Waals surface area contributed by atoms with Gasteiger partial charge in [-0.15, -0.1) is 11.8 Å². The Morgan fingerprint density at radius 3 is 2.96 bits per heavy atom. The first-order chi connectivity index (χ1) is 11.7. The van der Waals surface area contributed by atoms with Gasteiger partial charge in [0.15, 0.2) is 0 Å². The molecule has 0 bridgehead atoms. The normalized spacial score (nSPS) is 23.7. The molecular formula is C19H25N3OS. The maximum absolute atomic E-state index is 12.4. The van der Waals surface area contributed by atoms with Crippen molar-refractivity contribution < 1.29 is 4.79 Å². The van der Waals surface area contributed by atoms with E-state index in [0.717, 1.165) is 31.2 Å². The Morgan fingerprint density at radius 1 is 1.29 bits per heavy atom. The van der Waals surface area contributed by atoms with Gasteiger partial charge in [0.1, 0.15) is 0 Å². The fourth-order valence-electron chi connectivity index (χ4n) is 3.92. The molecule has 24 heavy (non-hydrogen) atoms. The smallest absolute Gasteiger partial charge is 0.237 e. The molecule has 1 aromatic heterocycles. The number of para-hydroxylation sites is 1. The van der Waals surface area contributed by atoms with Crippen LogP contribution in [0, 0.1) is 18.8 Å². The minimum absolute atomic E-state index is 0.0392. The molecule has 2 unspecified atom stereocenters. The number of rotatable bonds is 6.